The van der Waals surface area contributed by atoms with E-state index in [0.29, 0.717) is 12.0 Å². The van der Waals surface area contributed by atoms with Crippen LogP contribution in [-0.4, -0.2) is 32.4 Å². The van der Waals surface area contributed by atoms with Gasteiger partial charge in [-0.3, -0.25) is 0 Å². The van der Waals surface area contributed by atoms with Crippen molar-refractivity contribution in [1.29, 1.82) is 0 Å². The van der Waals surface area contributed by atoms with Crippen LogP contribution in [-0.2, 0) is 16.6 Å². The van der Waals surface area contributed by atoms with Gasteiger partial charge in [0, 0.05) is 19.1 Å². The average Bonchev–Trinajstić information content (AvgIpc) is 2.41. The van der Waals surface area contributed by atoms with Crippen LogP contribution in [0.1, 0.15) is 32.8 Å². The molecule has 0 saturated carbocycles. The SMILES string of the molecule is CCC(C)(C)N(C)S(=O)(=O)c1cc(CNC)cc(F)c1F. The summed E-state index contributed by atoms with van der Waals surface area (Å²) in [6.07, 6.45) is 0.545. The molecule has 0 bridgehead atoms. The maximum atomic E-state index is 14.0. The van der Waals surface area contributed by atoms with E-state index in [4.69, 9.17) is 0 Å². The summed E-state index contributed by atoms with van der Waals surface area (Å²) >= 11 is 0. The van der Waals surface area contributed by atoms with Crippen LogP contribution in [0, 0.1) is 11.6 Å². The van der Waals surface area contributed by atoms with E-state index in [0.717, 1.165) is 10.4 Å². The van der Waals surface area contributed by atoms with E-state index in [2.05, 4.69) is 5.32 Å². The second-order valence-electron chi connectivity index (χ2n) is 5.56. The van der Waals surface area contributed by atoms with Crippen molar-refractivity contribution in [1.82, 2.24) is 9.62 Å². The Morgan fingerprint density at radius 1 is 1.29 bits per heavy atom. The topological polar surface area (TPSA) is 49.4 Å². The second-order valence-corrected chi connectivity index (χ2v) is 7.50. The number of nitrogens with one attached hydrogen (secondary N) is 1. The molecule has 0 aliphatic carbocycles. The summed E-state index contributed by atoms with van der Waals surface area (Å²) in [4.78, 5) is -0.628. The Balaban J connectivity index is 3.44. The number of rotatable bonds is 6. The highest BCUT2D eigenvalue weighted by Crippen LogP contribution is 2.28. The predicted molar refractivity (Wildman–Crippen MR) is 78.4 cm³/mol. The zero-order valence-corrected chi connectivity index (χ0v) is 13.8. The molecular weight excluding hydrogens is 298 g/mol. The number of hydrogen-bond acceptors (Lipinski definition) is 3. The lowest BCUT2D eigenvalue weighted by atomic mass is 10.0. The molecule has 0 heterocycles. The van der Waals surface area contributed by atoms with Crippen LogP contribution in [0.25, 0.3) is 0 Å². The maximum Gasteiger partial charge on any atom is 0.246 e. The Bertz CT molecular complexity index is 616. The summed E-state index contributed by atoms with van der Waals surface area (Å²) < 4.78 is 53.8. The molecule has 0 aliphatic rings. The molecule has 0 aliphatic heterocycles. The molecular formula is C14H22F2N2O2S. The molecule has 0 spiro atoms. The first-order valence-electron chi connectivity index (χ1n) is 6.69. The summed E-state index contributed by atoms with van der Waals surface area (Å²) in [5.41, 5.74) is -0.321. The van der Waals surface area contributed by atoms with Gasteiger partial charge in [0.2, 0.25) is 10.0 Å². The first kappa shape index (κ1) is 18.0. The Labute approximate surface area is 125 Å². The Kier molecular flexibility index (Phi) is 5.46. The molecule has 1 aromatic carbocycles. The number of benzene rings is 1. The predicted octanol–water partition coefficient (Wildman–Crippen LogP) is 2.49. The maximum absolute atomic E-state index is 14.0. The van der Waals surface area contributed by atoms with Crippen molar-refractivity contribution in [2.45, 2.75) is 44.2 Å². The van der Waals surface area contributed by atoms with Crippen molar-refractivity contribution in [3.8, 4) is 0 Å². The quantitative estimate of drug-likeness (QED) is 0.876. The third kappa shape index (κ3) is 3.59. The fraction of sp³-hybridized carbons (Fsp3) is 0.571. The van der Waals surface area contributed by atoms with Crippen molar-refractivity contribution >= 4 is 10.0 Å². The minimum absolute atomic E-state index is 0.251. The first-order valence-corrected chi connectivity index (χ1v) is 8.13. The highest BCUT2D eigenvalue weighted by Gasteiger charge is 2.35. The molecule has 0 amide bonds. The molecule has 1 N–H and O–H groups in total. The Hall–Kier alpha value is -1.05. The zero-order valence-electron chi connectivity index (χ0n) is 13.0. The second kappa shape index (κ2) is 6.37. The van der Waals surface area contributed by atoms with Gasteiger partial charge in [-0.05, 0) is 45.0 Å². The van der Waals surface area contributed by atoms with Crippen LogP contribution < -0.4 is 5.32 Å². The van der Waals surface area contributed by atoms with Crippen molar-refractivity contribution < 1.29 is 17.2 Å². The smallest absolute Gasteiger partial charge is 0.246 e. The fourth-order valence-electron chi connectivity index (χ4n) is 1.81. The van der Waals surface area contributed by atoms with Gasteiger partial charge < -0.3 is 5.32 Å². The number of nitrogens with zero attached hydrogens (tertiary/aromatic N) is 1. The van der Waals surface area contributed by atoms with Crippen molar-refractivity contribution in [3.63, 3.8) is 0 Å². The van der Waals surface area contributed by atoms with E-state index in [1.165, 1.54) is 13.1 Å². The molecule has 0 fully saturated rings. The van der Waals surface area contributed by atoms with Crippen LogP contribution in [0.4, 0.5) is 8.78 Å². The molecule has 4 nitrogen and oxygen atoms in total. The highest BCUT2D eigenvalue weighted by molar-refractivity contribution is 7.89. The molecule has 7 heteroatoms. The summed E-state index contributed by atoms with van der Waals surface area (Å²) in [7, 11) is -1.10. The summed E-state index contributed by atoms with van der Waals surface area (Å²) in [6, 6.07) is 2.17. The number of hydrogen-bond donors (Lipinski definition) is 1. The van der Waals surface area contributed by atoms with Gasteiger partial charge in [-0.1, -0.05) is 6.92 Å². The monoisotopic (exact) mass is 320 g/mol. The lowest BCUT2D eigenvalue weighted by Crippen LogP contribution is -2.44. The Morgan fingerprint density at radius 3 is 2.33 bits per heavy atom. The average molecular weight is 320 g/mol. The van der Waals surface area contributed by atoms with Gasteiger partial charge >= 0.3 is 0 Å². The minimum atomic E-state index is -4.11. The molecule has 0 radical (unpaired) electrons. The summed E-state index contributed by atoms with van der Waals surface area (Å²) in [5.74, 6) is -2.50. The first-order chi connectivity index (χ1) is 9.57. The van der Waals surface area contributed by atoms with Gasteiger partial charge in [0.1, 0.15) is 4.90 Å². The van der Waals surface area contributed by atoms with Gasteiger partial charge in [0.05, 0.1) is 0 Å². The molecule has 0 unspecified atom stereocenters. The molecule has 0 aromatic heterocycles. The van der Waals surface area contributed by atoms with Gasteiger partial charge in [-0.15, -0.1) is 0 Å². The van der Waals surface area contributed by atoms with E-state index in [1.54, 1.807) is 20.9 Å². The third-order valence-corrected chi connectivity index (χ3v) is 5.86. The van der Waals surface area contributed by atoms with Gasteiger partial charge in [-0.2, -0.15) is 4.31 Å². The molecule has 120 valence electrons. The standard InChI is InChI=1S/C14H22F2N2O2S/c1-6-14(2,3)18(5)21(19,20)12-8-10(9-17-4)7-11(15)13(12)16/h7-8,17H,6,9H2,1-5H3. The normalized spacial score (nSPS) is 13.0. The van der Waals surface area contributed by atoms with Gasteiger partial charge in [0.25, 0.3) is 0 Å². The largest absolute Gasteiger partial charge is 0.316 e. The summed E-state index contributed by atoms with van der Waals surface area (Å²) in [5, 5.41) is 2.78. The van der Waals surface area contributed by atoms with E-state index < -0.39 is 32.1 Å². The van der Waals surface area contributed by atoms with Gasteiger partial charge in [-0.25, -0.2) is 17.2 Å². The van der Waals surface area contributed by atoms with Crippen molar-refractivity contribution in [3.05, 3.63) is 29.3 Å². The van der Waals surface area contributed by atoms with E-state index in [-0.39, 0.29) is 6.54 Å². The molecule has 21 heavy (non-hydrogen) atoms. The summed E-state index contributed by atoms with van der Waals surface area (Å²) in [6.45, 7) is 5.55. The van der Waals surface area contributed by atoms with Crippen LogP contribution in [0.5, 0.6) is 0 Å². The zero-order chi connectivity index (χ0) is 16.4. The van der Waals surface area contributed by atoms with Crippen LogP contribution in [0.2, 0.25) is 0 Å². The molecule has 0 saturated heterocycles. The molecule has 1 rings (SSSR count). The Morgan fingerprint density at radius 2 is 1.86 bits per heavy atom. The van der Waals surface area contributed by atoms with Crippen LogP contribution in [0.3, 0.4) is 0 Å². The molecule has 1 aromatic rings. The van der Waals surface area contributed by atoms with E-state index >= 15 is 0 Å². The third-order valence-electron chi connectivity index (χ3n) is 3.79. The lowest BCUT2D eigenvalue weighted by Gasteiger charge is -2.33. The minimum Gasteiger partial charge on any atom is -0.316 e. The van der Waals surface area contributed by atoms with Crippen molar-refractivity contribution in [2.24, 2.45) is 0 Å². The van der Waals surface area contributed by atoms with Crippen molar-refractivity contribution in [2.75, 3.05) is 14.1 Å². The van der Waals surface area contributed by atoms with E-state index in [9.17, 15) is 17.2 Å². The molecule has 0 atom stereocenters. The number of sulfonamides is 1. The van der Waals surface area contributed by atoms with Crippen LogP contribution >= 0.6 is 0 Å². The number of halogens is 2. The lowest BCUT2D eigenvalue weighted by molar-refractivity contribution is 0.256. The van der Waals surface area contributed by atoms with Gasteiger partial charge in [0.15, 0.2) is 11.6 Å². The fourth-order valence-corrected chi connectivity index (χ4v) is 3.51. The van der Waals surface area contributed by atoms with E-state index in [1.807, 2.05) is 6.92 Å². The van der Waals surface area contributed by atoms with Crippen LogP contribution in [0.15, 0.2) is 17.0 Å². The highest BCUT2D eigenvalue weighted by atomic mass is 32.2.